The summed E-state index contributed by atoms with van der Waals surface area (Å²) < 4.78 is 6.80. The Balaban J connectivity index is 2.31. The molecule has 20 heavy (non-hydrogen) atoms. The van der Waals surface area contributed by atoms with Gasteiger partial charge in [0.1, 0.15) is 0 Å². The van der Waals surface area contributed by atoms with Gasteiger partial charge in [0.2, 0.25) is 0 Å². The number of carbonyl (C=O) groups excluding carboxylic acids is 1. The van der Waals surface area contributed by atoms with E-state index >= 15 is 0 Å². The van der Waals surface area contributed by atoms with E-state index in [2.05, 4.69) is 28.6 Å². The molecule has 0 aromatic heterocycles. The van der Waals surface area contributed by atoms with Gasteiger partial charge in [-0.3, -0.25) is 4.79 Å². The first-order valence-corrected chi connectivity index (χ1v) is 7.82. The molecule has 110 valence electrons. The van der Waals surface area contributed by atoms with Gasteiger partial charge in [0, 0.05) is 22.5 Å². The lowest BCUT2D eigenvalue weighted by Crippen LogP contribution is -2.58. The Morgan fingerprint density at radius 2 is 1.80 bits per heavy atom. The number of rotatable bonds is 1. The molecule has 0 radical (unpaired) electrons. The molecule has 2 rings (SSSR count). The van der Waals surface area contributed by atoms with Crippen LogP contribution in [0.2, 0.25) is 0 Å². The number of amides is 1. The van der Waals surface area contributed by atoms with E-state index in [4.69, 9.17) is 4.74 Å². The van der Waals surface area contributed by atoms with E-state index in [0.29, 0.717) is 18.7 Å². The zero-order valence-electron chi connectivity index (χ0n) is 12.2. The average Bonchev–Trinajstić information content (AvgIpc) is 2.27. The van der Waals surface area contributed by atoms with Crippen LogP contribution < -0.4 is 0 Å². The van der Waals surface area contributed by atoms with Crippen LogP contribution in [0.4, 0.5) is 0 Å². The Morgan fingerprint density at radius 1 is 1.25 bits per heavy atom. The summed E-state index contributed by atoms with van der Waals surface area (Å²) >= 11 is 7.75. The summed E-state index contributed by atoms with van der Waals surface area (Å²) in [6.45, 7) is 9.21. The highest BCUT2D eigenvalue weighted by molar-refractivity contribution is 9.10. The Bertz CT molecular complexity index is 527. The van der Waals surface area contributed by atoms with Gasteiger partial charge in [-0.05, 0) is 61.8 Å². The number of hydrogen-bond donors (Lipinski definition) is 1. The summed E-state index contributed by atoms with van der Waals surface area (Å²) in [6.07, 6.45) is 0. The van der Waals surface area contributed by atoms with Gasteiger partial charge in [0.05, 0.1) is 16.8 Å². The van der Waals surface area contributed by atoms with Crippen LogP contribution in [-0.4, -0.2) is 35.1 Å². The fourth-order valence-electron chi connectivity index (χ4n) is 2.78. The largest absolute Gasteiger partial charge is 0.366 e. The second-order valence-electron chi connectivity index (χ2n) is 6.45. The molecular weight excluding hydrogens is 338 g/mol. The summed E-state index contributed by atoms with van der Waals surface area (Å²) in [5, 5.41) is 0. The van der Waals surface area contributed by atoms with Gasteiger partial charge in [0.15, 0.2) is 0 Å². The molecule has 1 aromatic carbocycles. The van der Waals surface area contributed by atoms with E-state index in [1.165, 1.54) is 0 Å². The van der Waals surface area contributed by atoms with Gasteiger partial charge in [-0.25, -0.2) is 0 Å². The van der Waals surface area contributed by atoms with Gasteiger partial charge in [0.25, 0.3) is 5.91 Å². The van der Waals surface area contributed by atoms with E-state index in [1.54, 1.807) is 6.07 Å². The van der Waals surface area contributed by atoms with E-state index in [-0.39, 0.29) is 17.1 Å². The minimum absolute atomic E-state index is 0.0113. The number of benzene rings is 1. The molecule has 0 atom stereocenters. The molecule has 0 unspecified atom stereocenters. The zero-order valence-corrected chi connectivity index (χ0v) is 14.7. The first-order valence-electron chi connectivity index (χ1n) is 6.58. The van der Waals surface area contributed by atoms with Crippen molar-refractivity contribution in [2.75, 3.05) is 13.1 Å². The second kappa shape index (κ2) is 5.35. The topological polar surface area (TPSA) is 29.5 Å². The third kappa shape index (κ3) is 3.57. The van der Waals surface area contributed by atoms with Gasteiger partial charge >= 0.3 is 0 Å². The van der Waals surface area contributed by atoms with Crippen molar-refractivity contribution in [1.29, 1.82) is 0 Å². The van der Waals surface area contributed by atoms with E-state index in [1.807, 2.05) is 44.7 Å². The molecule has 1 aliphatic heterocycles. The highest BCUT2D eigenvalue weighted by Crippen LogP contribution is 2.30. The molecule has 1 fully saturated rings. The lowest BCUT2D eigenvalue weighted by Gasteiger charge is -2.47. The Kier molecular flexibility index (Phi) is 4.24. The smallest absolute Gasteiger partial charge is 0.255 e. The maximum atomic E-state index is 12.8. The highest BCUT2D eigenvalue weighted by atomic mass is 79.9. The molecule has 0 N–H and O–H groups in total. The lowest BCUT2D eigenvalue weighted by molar-refractivity contribution is -0.171. The third-order valence-electron chi connectivity index (χ3n) is 3.16. The molecular formula is C15H20BrNO2S. The molecule has 0 spiro atoms. The van der Waals surface area contributed by atoms with Gasteiger partial charge in [-0.15, -0.1) is 12.6 Å². The quantitative estimate of drug-likeness (QED) is 0.775. The monoisotopic (exact) mass is 357 g/mol. The Labute approximate surface area is 134 Å². The third-order valence-corrected chi connectivity index (χ3v) is 4.13. The van der Waals surface area contributed by atoms with Crippen LogP contribution in [-0.2, 0) is 4.74 Å². The number of carbonyl (C=O) groups is 1. The first-order chi connectivity index (χ1) is 9.10. The SMILES string of the molecule is CC1(C)CN(C(=O)c2cc(S)ccc2Br)CC(C)(C)O1. The molecule has 1 amide bonds. The molecule has 1 aromatic rings. The van der Waals surface area contributed by atoms with Crippen molar-refractivity contribution < 1.29 is 9.53 Å². The van der Waals surface area contributed by atoms with Crippen molar-refractivity contribution >= 4 is 34.5 Å². The molecule has 3 nitrogen and oxygen atoms in total. The number of halogens is 1. The van der Waals surface area contributed by atoms with Gasteiger partial charge in [-0.1, -0.05) is 0 Å². The second-order valence-corrected chi connectivity index (χ2v) is 7.82. The summed E-state index contributed by atoms with van der Waals surface area (Å²) in [5.74, 6) is 0.0113. The summed E-state index contributed by atoms with van der Waals surface area (Å²) in [5.41, 5.74) is -0.0451. The summed E-state index contributed by atoms with van der Waals surface area (Å²) in [4.78, 5) is 15.4. The van der Waals surface area contributed by atoms with Crippen LogP contribution in [0.1, 0.15) is 38.1 Å². The number of nitrogens with zero attached hydrogens (tertiary/aromatic N) is 1. The molecule has 1 aliphatic rings. The van der Waals surface area contributed by atoms with Crippen molar-refractivity contribution in [3.63, 3.8) is 0 Å². The Hall–Kier alpha value is -0.520. The zero-order chi connectivity index (χ0) is 15.1. The van der Waals surface area contributed by atoms with Crippen molar-refractivity contribution in [2.24, 2.45) is 0 Å². The molecule has 5 heteroatoms. The molecule has 1 saturated heterocycles. The standard InChI is InChI=1S/C15H20BrNO2S/c1-14(2)8-17(9-15(3,4)19-14)13(18)11-7-10(20)5-6-12(11)16/h5-7,20H,8-9H2,1-4H3. The predicted octanol–water partition coefficient (Wildman–Crippen LogP) is 3.77. The minimum Gasteiger partial charge on any atom is -0.366 e. The maximum absolute atomic E-state index is 12.8. The van der Waals surface area contributed by atoms with Gasteiger partial charge in [-0.2, -0.15) is 0 Å². The fourth-order valence-corrected chi connectivity index (χ4v) is 3.40. The molecule has 1 heterocycles. The van der Waals surface area contributed by atoms with Crippen LogP contribution in [0.25, 0.3) is 0 Å². The fraction of sp³-hybridized carbons (Fsp3) is 0.533. The van der Waals surface area contributed by atoms with Crippen LogP contribution >= 0.6 is 28.6 Å². The maximum Gasteiger partial charge on any atom is 0.255 e. The highest BCUT2D eigenvalue weighted by Gasteiger charge is 2.40. The van der Waals surface area contributed by atoms with Crippen molar-refractivity contribution in [3.8, 4) is 0 Å². The van der Waals surface area contributed by atoms with Crippen LogP contribution in [0.15, 0.2) is 27.6 Å². The van der Waals surface area contributed by atoms with Gasteiger partial charge < -0.3 is 9.64 Å². The number of thiol groups is 1. The summed E-state index contributed by atoms with van der Waals surface area (Å²) in [7, 11) is 0. The van der Waals surface area contributed by atoms with Crippen molar-refractivity contribution in [1.82, 2.24) is 4.90 Å². The normalized spacial score (nSPS) is 20.8. The number of hydrogen-bond acceptors (Lipinski definition) is 3. The molecule has 0 saturated carbocycles. The summed E-state index contributed by atoms with van der Waals surface area (Å²) in [6, 6.07) is 5.51. The van der Waals surface area contributed by atoms with E-state index in [0.717, 1.165) is 9.37 Å². The first kappa shape index (κ1) is 15.9. The van der Waals surface area contributed by atoms with Crippen LogP contribution in [0, 0.1) is 0 Å². The number of ether oxygens (including phenoxy) is 1. The van der Waals surface area contributed by atoms with E-state index in [9.17, 15) is 4.79 Å². The molecule has 0 bridgehead atoms. The van der Waals surface area contributed by atoms with Crippen molar-refractivity contribution in [3.05, 3.63) is 28.2 Å². The lowest BCUT2D eigenvalue weighted by atomic mass is 9.98. The van der Waals surface area contributed by atoms with Crippen LogP contribution in [0.5, 0.6) is 0 Å². The molecule has 0 aliphatic carbocycles. The van der Waals surface area contributed by atoms with E-state index < -0.39 is 0 Å². The average molecular weight is 358 g/mol. The Morgan fingerprint density at radius 3 is 2.35 bits per heavy atom. The predicted molar refractivity (Wildman–Crippen MR) is 86.5 cm³/mol. The van der Waals surface area contributed by atoms with Crippen LogP contribution in [0.3, 0.4) is 0 Å². The number of morpholine rings is 1. The van der Waals surface area contributed by atoms with Crippen molar-refractivity contribution in [2.45, 2.75) is 43.8 Å². The minimum atomic E-state index is -0.345.